The minimum atomic E-state index is 0. The minimum absolute atomic E-state index is 0. The van der Waals surface area contributed by atoms with Gasteiger partial charge in [0, 0.05) is 11.3 Å². The van der Waals surface area contributed by atoms with Crippen LogP contribution in [0.1, 0.15) is 22.6 Å². The van der Waals surface area contributed by atoms with E-state index in [1.807, 2.05) is 51.1 Å². The fourth-order valence-electron chi connectivity index (χ4n) is 1.92. The predicted molar refractivity (Wildman–Crippen MR) is 93.7 cm³/mol. The van der Waals surface area contributed by atoms with Gasteiger partial charge in [0.15, 0.2) is 5.96 Å². The second-order valence-corrected chi connectivity index (χ2v) is 4.63. The second-order valence-electron chi connectivity index (χ2n) is 4.63. The molecule has 0 aliphatic carbocycles. The predicted octanol–water partition coefficient (Wildman–Crippen LogP) is 3.75. The van der Waals surface area contributed by atoms with Crippen molar-refractivity contribution in [3.63, 3.8) is 0 Å². The topological polar surface area (TPSA) is 63.5 Å². The summed E-state index contributed by atoms with van der Waals surface area (Å²) in [6, 6.07) is 9.99. The molecule has 3 N–H and O–H groups in total. The highest BCUT2D eigenvalue weighted by Crippen LogP contribution is 2.14. The minimum Gasteiger partial charge on any atom is -0.466 e. The smallest absolute Gasteiger partial charge is 0.193 e. The van der Waals surface area contributed by atoms with Crippen molar-refractivity contribution in [3.05, 3.63) is 53.0 Å². The van der Waals surface area contributed by atoms with Gasteiger partial charge in [-0.1, -0.05) is 12.1 Å². The maximum atomic E-state index is 5.87. The Morgan fingerprint density at radius 1 is 1.25 bits per heavy atom. The molecule has 1 aromatic carbocycles. The Hall–Kier alpha value is -1.50. The van der Waals surface area contributed by atoms with Crippen LogP contribution in [0.15, 0.2) is 39.7 Å². The van der Waals surface area contributed by atoms with Crippen LogP contribution in [-0.2, 0) is 6.54 Å². The van der Waals surface area contributed by atoms with Crippen LogP contribution in [0.4, 0.5) is 5.69 Å². The Labute approximate surface area is 136 Å². The maximum absolute atomic E-state index is 5.87. The number of nitrogens with two attached hydrogens (primary N) is 1. The van der Waals surface area contributed by atoms with Crippen LogP contribution in [0, 0.1) is 20.8 Å². The van der Waals surface area contributed by atoms with E-state index in [0.717, 1.165) is 22.8 Å². The molecule has 0 bridgehead atoms. The first-order chi connectivity index (χ1) is 9.04. The number of rotatable bonds is 3. The largest absolute Gasteiger partial charge is 0.466 e. The number of halogens is 1. The normalized spacial score (nSPS) is 11.1. The molecule has 0 saturated heterocycles. The van der Waals surface area contributed by atoms with Crippen molar-refractivity contribution in [1.82, 2.24) is 0 Å². The highest BCUT2D eigenvalue weighted by atomic mass is 127. The van der Waals surface area contributed by atoms with Gasteiger partial charge in [0.05, 0.1) is 6.54 Å². The van der Waals surface area contributed by atoms with Gasteiger partial charge in [-0.2, -0.15) is 0 Å². The van der Waals surface area contributed by atoms with Gasteiger partial charge in [-0.05, 0) is 44.5 Å². The first-order valence-electron chi connectivity index (χ1n) is 6.24. The van der Waals surface area contributed by atoms with E-state index in [-0.39, 0.29) is 24.0 Å². The van der Waals surface area contributed by atoms with Crippen LogP contribution < -0.4 is 11.1 Å². The molecule has 0 atom stereocenters. The quantitative estimate of drug-likeness (QED) is 0.481. The number of aliphatic imine (C=N–C) groups is 1. The highest BCUT2D eigenvalue weighted by molar-refractivity contribution is 14.0. The van der Waals surface area contributed by atoms with Crippen molar-refractivity contribution in [3.8, 4) is 0 Å². The Morgan fingerprint density at radius 2 is 2.00 bits per heavy atom. The molecule has 1 aromatic heterocycles. The number of nitrogens with zero attached hydrogens (tertiary/aromatic N) is 1. The van der Waals surface area contributed by atoms with Gasteiger partial charge < -0.3 is 15.5 Å². The molecule has 0 spiro atoms. The zero-order chi connectivity index (χ0) is 13.8. The summed E-state index contributed by atoms with van der Waals surface area (Å²) in [5.41, 5.74) is 9.06. The van der Waals surface area contributed by atoms with Crippen LogP contribution in [0.25, 0.3) is 0 Å². The van der Waals surface area contributed by atoms with Crippen molar-refractivity contribution in [1.29, 1.82) is 0 Å². The van der Waals surface area contributed by atoms with Crippen molar-refractivity contribution in [2.45, 2.75) is 27.3 Å². The molecular formula is C15H20IN3O. The molecule has 0 radical (unpaired) electrons. The van der Waals surface area contributed by atoms with Gasteiger partial charge in [0.1, 0.15) is 11.5 Å². The summed E-state index contributed by atoms with van der Waals surface area (Å²) < 4.78 is 5.45. The van der Waals surface area contributed by atoms with Gasteiger partial charge in [0.2, 0.25) is 0 Å². The summed E-state index contributed by atoms with van der Waals surface area (Å²) >= 11 is 0. The van der Waals surface area contributed by atoms with Crippen LogP contribution in [0.5, 0.6) is 0 Å². The molecule has 20 heavy (non-hydrogen) atoms. The zero-order valence-electron chi connectivity index (χ0n) is 11.9. The van der Waals surface area contributed by atoms with Crippen molar-refractivity contribution >= 4 is 35.6 Å². The van der Waals surface area contributed by atoms with Gasteiger partial charge >= 0.3 is 0 Å². The Balaban J connectivity index is 0.00000200. The molecule has 108 valence electrons. The van der Waals surface area contributed by atoms with Gasteiger partial charge in [-0.3, -0.25) is 0 Å². The lowest BCUT2D eigenvalue weighted by molar-refractivity contribution is 0.501. The van der Waals surface area contributed by atoms with Gasteiger partial charge in [-0.25, -0.2) is 4.99 Å². The van der Waals surface area contributed by atoms with Crippen molar-refractivity contribution in [2.24, 2.45) is 10.7 Å². The highest BCUT2D eigenvalue weighted by Gasteiger charge is 2.03. The first-order valence-corrected chi connectivity index (χ1v) is 6.24. The Bertz CT molecular complexity index is 605. The van der Waals surface area contributed by atoms with Crippen molar-refractivity contribution in [2.75, 3.05) is 5.32 Å². The van der Waals surface area contributed by atoms with E-state index in [9.17, 15) is 0 Å². The lowest BCUT2D eigenvalue weighted by Crippen LogP contribution is -2.22. The number of furan rings is 1. The van der Waals surface area contributed by atoms with E-state index < -0.39 is 0 Å². The SMILES string of the molecule is Cc1cccc(NC(N)=NCc2cc(C)oc2C)c1.I. The fourth-order valence-corrected chi connectivity index (χ4v) is 1.92. The summed E-state index contributed by atoms with van der Waals surface area (Å²) in [6.45, 7) is 6.42. The molecule has 0 aliphatic heterocycles. The Kier molecular flexibility index (Phi) is 6.06. The summed E-state index contributed by atoms with van der Waals surface area (Å²) in [4.78, 5) is 4.32. The van der Waals surface area contributed by atoms with E-state index in [1.54, 1.807) is 0 Å². The van der Waals surface area contributed by atoms with E-state index in [0.29, 0.717) is 12.5 Å². The maximum Gasteiger partial charge on any atom is 0.193 e. The van der Waals surface area contributed by atoms with Crippen LogP contribution >= 0.6 is 24.0 Å². The molecule has 0 amide bonds. The number of guanidine groups is 1. The number of benzene rings is 1. The monoisotopic (exact) mass is 385 g/mol. The molecule has 5 heteroatoms. The van der Waals surface area contributed by atoms with E-state index in [4.69, 9.17) is 10.2 Å². The summed E-state index contributed by atoms with van der Waals surface area (Å²) in [7, 11) is 0. The lowest BCUT2D eigenvalue weighted by Gasteiger charge is -2.06. The molecule has 0 aliphatic rings. The summed E-state index contributed by atoms with van der Waals surface area (Å²) in [6.07, 6.45) is 0. The second kappa shape index (κ2) is 7.33. The van der Waals surface area contributed by atoms with Crippen LogP contribution in [-0.4, -0.2) is 5.96 Å². The molecule has 2 rings (SSSR count). The molecule has 0 fully saturated rings. The van der Waals surface area contributed by atoms with E-state index in [1.165, 1.54) is 5.56 Å². The molecule has 0 saturated carbocycles. The first kappa shape index (κ1) is 16.6. The molecule has 0 unspecified atom stereocenters. The van der Waals surface area contributed by atoms with Crippen LogP contribution in [0.2, 0.25) is 0 Å². The number of aryl methyl sites for hydroxylation is 3. The standard InChI is InChI=1S/C15H19N3O.HI/c1-10-5-4-6-14(7-10)18-15(16)17-9-13-8-11(2)19-12(13)3;/h4-8H,9H2,1-3H3,(H3,16,17,18);1H. The number of anilines is 1. The van der Waals surface area contributed by atoms with Gasteiger partial charge in [0.25, 0.3) is 0 Å². The average Bonchev–Trinajstić information content (AvgIpc) is 2.65. The molecule has 2 aromatic rings. The molecular weight excluding hydrogens is 365 g/mol. The van der Waals surface area contributed by atoms with Crippen LogP contribution in [0.3, 0.4) is 0 Å². The van der Waals surface area contributed by atoms with Crippen molar-refractivity contribution < 1.29 is 4.42 Å². The van der Waals surface area contributed by atoms with E-state index >= 15 is 0 Å². The number of hydrogen-bond donors (Lipinski definition) is 2. The zero-order valence-corrected chi connectivity index (χ0v) is 14.3. The molecule has 4 nitrogen and oxygen atoms in total. The molecule has 1 heterocycles. The van der Waals surface area contributed by atoms with E-state index in [2.05, 4.69) is 10.3 Å². The Morgan fingerprint density at radius 3 is 2.60 bits per heavy atom. The number of hydrogen-bond acceptors (Lipinski definition) is 2. The average molecular weight is 385 g/mol. The third-order valence-electron chi connectivity index (χ3n) is 2.85. The summed E-state index contributed by atoms with van der Waals surface area (Å²) in [5.74, 6) is 2.20. The summed E-state index contributed by atoms with van der Waals surface area (Å²) in [5, 5.41) is 3.08. The fraction of sp³-hybridized carbons (Fsp3) is 0.267. The lowest BCUT2D eigenvalue weighted by atomic mass is 10.2. The third kappa shape index (κ3) is 4.56. The number of nitrogens with one attached hydrogen (secondary N) is 1. The van der Waals surface area contributed by atoms with Gasteiger partial charge in [-0.15, -0.1) is 24.0 Å². The third-order valence-corrected chi connectivity index (χ3v) is 2.85.